The molecule has 2 rings (SSSR count). The summed E-state index contributed by atoms with van der Waals surface area (Å²) in [4.78, 5) is 7.85. The summed E-state index contributed by atoms with van der Waals surface area (Å²) in [5.74, 6) is 0. The second-order valence-corrected chi connectivity index (χ2v) is 6.38. The quantitative estimate of drug-likeness (QED) is 0.850. The highest BCUT2D eigenvalue weighted by atomic mass is 32.1. The summed E-state index contributed by atoms with van der Waals surface area (Å²) < 4.78 is 0. The van der Waals surface area contributed by atoms with Crippen molar-refractivity contribution in [3.8, 4) is 0 Å². The third-order valence-electron chi connectivity index (χ3n) is 3.24. The molecule has 0 amide bonds. The van der Waals surface area contributed by atoms with E-state index in [4.69, 9.17) is 0 Å². The van der Waals surface area contributed by atoms with Crippen molar-refractivity contribution in [2.45, 2.75) is 39.5 Å². The van der Waals surface area contributed by atoms with Crippen LogP contribution in [0.25, 0.3) is 0 Å². The van der Waals surface area contributed by atoms with Crippen LogP contribution in [0.4, 0.5) is 0 Å². The summed E-state index contributed by atoms with van der Waals surface area (Å²) in [6.07, 6.45) is 2.45. The van der Waals surface area contributed by atoms with Crippen LogP contribution in [-0.2, 0) is 13.1 Å². The van der Waals surface area contributed by atoms with E-state index in [9.17, 15) is 5.11 Å². The Hall–Kier alpha value is -1.23. The number of nitrogens with zero attached hydrogens (tertiary/aromatic N) is 2. The molecule has 1 N–H and O–H groups in total. The fraction of sp³-hybridized carbons (Fsp3) is 0.438. The Kier molecular flexibility index (Phi) is 5.71. The lowest BCUT2D eigenvalue weighted by molar-refractivity contribution is 0.102. The van der Waals surface area contributed by atoms with Gasteiger partial charge in [0.2, 0.25) is 0 Å². The number of thiazole rings is 1. The number of aryl methyl sites for hydroxylation is 1. The zero-order chi connectivity index (χ0) is 14.4. The highest BCUT2D eigenvalue weighted by Crippen LogP contribution is 2.16. The maximum atomic E-state index is 9.94. The molecule has 1 aromatic heterocycles. The van der Waals surface area contributed by atoms with Gasteiger partial charge in [0, 0.05) is 30.7 Å². The highest BCUT2D eigenvalue weighted by molar-refractivity contribution is 7.11. The molecule has 0 aliphatic heterocycles. The molecule has 1 heterocycles. The van der Waals surface area contributed by atoms with Crippen LogP contribution in [0.1, 0.15) is 28.8 Å². The van der Waals surface area contributed by atoms with Crippen LogP contribution >= 0.6 is 11.3 Å². The van der Waals surface area contributed by atoms with Crippen molar-refractivity contribution in [2.24, 2.45) is 0 Å². The SMILES string of the molecule is CCC(O)CN(Cc1ccccc1)Cc1cnc(C)s1. The monoisotopic (exact) mass is 290 g/mol. The van der Waals surface area contributed by atoms with Gasteiger partial charge in [-0.3, -0.25) is 4.90 Å². The van der Waals surface area contributed by atoms with E-state index in [1.165, 1.54) is 10.4 Å². The van der Waals surface area contributed by atoms with E-state index in [2.05, 4.69) is 34.1 Å². The number of aliphatic hydroxyl groups is 1. The Morgan fingerprint density at radius 3 is 2.60 bits per heavy atom. The van der Waals surface area contributed by atoms with Crippen LogP contribution in [0, 0.1) is 6.92 Å². The minimum absolute atomic E-state index is 0.271. The second-order valence-electron chi connectivity index (χ2n) is 5.06. The molecule has 0 spiro atoms. The number of hydrogen-bond acceptors (Lipinski definition) is 4. The van der Waals surface area contributed by atoms with E-state index < -0.39 is 0 Å². The van der Waals surface area contributed by atoms with Crippen LogP contribution in [0.15, 0.2) is 36.5 Å². The first-order valence-corrected chi connectivity index (χ1v) is 7.84. The molecule has 0 bridgehead atoms. The highest BCUT2D eigenvalue weighted by Gasteiger charge is 2.13. The minimum Gasteiger partial charge on any atom is -0.392 e. The number of rotatable bonds is 7. The van der Waals surface area contributed by atoms with Crippen molar-refractivity contribution in [3.05, 3.63) is 52.0 Å². The summed E-state index contributed by atoms with van der Waals surface area (Å²) in [7, 11) is 0. The van der Waals surface area contributed by atoms with Gasteiger partial charge in [-0.15, -0.1) is 11.3 Å². The minimum atomic E-state index is -0.271. The first-order chi connectivity index (χ1) is 9.67. The fourth-order valence-electron chi connectivity index (χ4n) is 2.15. The third kappa shape index (κ3) is 4.71. The topological polar surface area (TPSA) is 36.4 Å². The molecule has 2 aromatic rings. The van der Waals surface area contributed by atoms with Gasteiger partial charge in [0.25, 0.3) is 0 Å². The summed E-state index contributed by atoms with van der Waals surface area (Å²) in [5.41, 5.74) is 1.28. The molecule has 0 saturated carbocycles. The Morgan fingerprint density at radius 1 is 1.25 bits per heavy atom. The van der Waals surface area contributed by atoms with Gasteiger partial charge in [-0.2, -0.15) is 0 Å². The molecule has 1 aromatic carbocycles. The van der Waals surface area contributed by atoms with Gasteiger partial charge >= 0.3 is 0 Å². The van der Waals surface area contributed by atoms with E-state index in [-0.39, 0.29) is 6.10 Å². The first-order valence-electron chi connectivity index (χ1n) is 7.03. The van der Waals surface area contributed by atoms with Gasteiger partial charge < -0.3 is 5.11 Å². The van der Waals surface area contributed by atoms with Crippen molar-refractivity contribution >= 4 is 11.3 Å². The maximum Gasteiger partial charge on any atom is 0.0897 e. The van der Waals surface area contributed by atoms with Crippen LogP contribution in [-0.4, -0.2) is 27.6 Å². The standard InChI is InChI=1S/C16H22N2OS/c1-3-15(19)11-18(10-14-7-5-4-6-8-14)12-16-9-17-13(2)20-16/h4-9,15,19H,3,10-12H2,1-2H3. The van der Waals surface area contributed by atoms with Gasteiger partial charge in [-0.1, -0.05) is 37.3 Å². The Bertz CT molecular complexity index is 512. The number of benzene rings is 1. The largest absolute Gasteiger partial charge is 0.392 e. The number of aliphatic hydroxyl groups excluding tert-OH is 1. The molecule has 0 aliphatic rings. The molecule has 0 saturated heterocycles. The summed E-state index contributed by atoms with van der Waals surface area (Å²) in [5, 5.41) is 11.0. The molecule has 0 aliphatic carbocycles. The van der Waals surface area contributed by atoms with Crippen LogP contribution in [0.5, 0.6) is 0 Å². The van der Waals surface area contributed by atoms with Crippen LogP contribution in [0.3, 0.4) is 0 Å². The van der Waals surface area contributed by atoms with E-state index in [0.29, 0.717) is 6.54 Å². The number of aromatic nitrogens is 1. The Labute approximate surface area is 124 Å². The second kappa shape index (κ2) is 7.53. The lowest BCUT2D eigenvalue weighted by Crippen LogP contribution is -2.31. The predicted octanol–water partition coefficient (Wildman–Crippen LogP) is 3.22. The summed E-state index contributed by atoms with van der Waals surface area (Å²) in [6, 6.07) is 10.4. The molecule has 3 nitrogen and oxygen atoms in total. The number of hydrogen-bond donors (Lipinski definition) is 1. The molecule has 20 heavy (non-hydrogen) atoms. The molecule has 108 valence electrons. The lowest BCUT2D eigenvalue weighted by atomic mass is 10.2. The van der Waals surface area contributed by atoms with Crippen molar-refractivity contribution in [1.29, 1.82) is 0 Å². The Morgan fingerprint density at radius 2 is 2.00 bits per heavy atom. The van der Waals surface area contributed by atoms with Gasteiger partial charge in [-0.25, -0.2) is 4.98 Å². The van der Waals surface area contributed by atoms with Crippen molar-refractivity contribution in [2.75, 3.05) is 6.54 Å². The van der Waals surface area contributed by atoms with Crippen molar-refractivity contribution in [1.82, 2.24) is 9.88 Å². The van der Waals surface area contributed by atoms with E-state index in [0.717, 1.165) is 24.5 Å². The predicted molar refractivity (Wildman–Crippen MR) is 83.7 cm³/mol. The normalized spacial score (nSPS) is 12.8. The van der Waals surface area contributed by atoms with Crippen LogP contribution in [0.2, 0.25) is 0 Å². The molecular formula is C16H22N2OS. The zero-order valence-corrected chi connectivity index (χ0v) is 12.9. The average molecular weight is 290 g/mol. The molecule has 0 radical (unpaired) electrons. The summed E-state index contributed by atoms with van der Waals surface area (Å²) in [6.45, 7) is 6.44. The van der Waals surface area contributed by atoms with Gasteiger partial charge in [0.05, 0.1) is 11.1 Å². The van der Waals surface area contributed by atoms with E-state index >= 15 is 0 Å². The van der Waals surface area contributed by atoms with Gasteiger partial charge in [-0.05, 0) is 18.9 Å². The third-order valence-corrected chi connectivity index (χ3v) is 4.14. The maximum absolute atomic E-state index is 9.94. The van der Waals surface area contributed by atoms with E-state index in [1.54, 1.807) is 11.3 Å². The smallest absolute Gasteiger partial charge is 0.0897 e. The molecule has 0 fully saturated rings. The van der Waals surface area contributed by atoms with Crippen molar-refractivity contribution < 1.29 is 5.11 Å². The average Bonchev–Trinajstić information content (AvgIpc) is 2.85. The van der Waals surface area contributed by atoms with Gasteiger partial charge in [0.15, 0.2) is 0 Å². The molecule has 1 unspecified atom stereocenters. The lowest BCUT2D eigenvalue weighted by Gasteiger charge is -2.24. The van der Waals surface area contributed by atoms with Crippen LogP contribution < -0.4 is 0 Å². The summed E-state index contributed by atoms with van der Waals surface area (Å²) >= 11 is 1.73. The first kappa shape index (κ1) is 15.2. The zero-order valence-electron chi connectivity index (χ0n) is 12.1. The Balaban J connectivity index is 2.03. The van der Waals surface area contributed by atoms with E-state index in [1.807, 2.05) is 26.1 Å². The fourth-order valence-corrected chi connectivity index (χ4v) is 2.99. The molecule has 1 atom stereocenters. The van der Waals surface area contributed by atoms with Gasteiger partial charge in [0.1, 0.15) is 0 Å². The molecular weight excluding hydrogens is 268 g/mol. The molecule has 4 heteroatoms. The van der Waals surface area contributed by atoms with Crippen molar-refractivity contribution in [3.63, 3.8) is 0 Å².